The van der Waals surface area contributed by atoms with Crippen molar-refractivity contribution >= 4 is 20.3 Å². The average molecular weight is 289 g/mol. The monoisotopic (exact) mass is 289 g/mol. The number of esters is 1. The first kappa shape index (κ1) is 14.9. The van der Waals surface area contributed by atoms with Crippen molar-refractivity contribution in [1.29, 1.82) is 0 Å². The van der Waals surface area contributed by atoms with E-state index in [2.05, 4.69) is 37.3 Å². The Bertz CT molecular complexity index is 510. The number of benzene rings is 1. The summed E-state index contributed by atoms with van der Waals surface area (Å²) in [7, 11) is 0.869. The molecule has 4 heteroatoms. The van der Waals surface area contributed by atoms with Gasteiger partial charge in [0.2, 0.25) is 0 Å². The van der Waals surface area contributed by atoms with Gasteiger partial charge in [0.1, 0.15) is 0 Å². The smallest absolute Gasteiger partial charge is 0.312 e. The lowest BCUT2D eigenvalue weighted by atomic mass is 10.1. The van der Waals surface area contributed by atoms with Crippen LogP contribution in [0.1, 0.15) is 25.3 Å². The summed E-state index contributed by atoms with van der Waals surface area (Å²) in [5, 5.41) is 1.29. The molecular formula is C16H20NO2P. The molecule has 0 saturated carbocycles. The van der Waals surface area contributed by atoms with Crippen LogP contribution < -0.4 is 0 Å². The molecule has 1 aliphatic heterocycles. The summed E-state index contributed by atoms with van der Waals surface area (Å²) in [5.41, 5.74) is 1.30. The first-order valence-electron chi connectivity index (χ1n) is 6.87. The number of carbonyl (C=O) groups excluding carboxylic acids is 1. The molecule has 1 heterocycles. The van der Waals surface area contributed by atoms with E-state index in [0.717, 1.165) is 12.6 Å². The van der Waals surface area contributed by atoms with Crippen molar-refractivity contribution < 1.29 is 9.53 Å². The molecule has 0 N–H and O–H groups in total. The second kappa shape index (κ2) is 7.35. The number of ether oxygens (including phenoxy) is 1. The number of carbonyl (C=O) groups is 1. The number of nitrogens with zero attached hydrogens (tertiary/aromatic N) is 1. The van der Waals surface area contributed by atoms with Crippen LogP contribution in [0.2, 0.25) is 0 Å². The zero-order valence-corrected chi connectivity index (χ0v) is 12.8. The molecule has 20 heavy (non-hydrogen) atoms. The van der Waals surface area contributed by atoms with Crippen LogP contribution in [-0.4, -0.2) is 19.3 Å². The third-order valence-electron chi connectivity index (χ3n) is 3.35. The molecule has 1 aromatic rings. The van der Waals surface area contributed by atoms with Gasteiger partial charge in [-0.05, 0) is 23.7 Å². The van der Waals surface area contributed by atoms with Crippen LogP contribution in [0.4, 0.5) is 0 Å². The van der Waals surface area contributed by atoms with Gasteiger partial charge in [-0.2, -0.15) is 0 Å². The van der Waals surface area contributed by atoms with Gasteiger partial charge in [-0.25, -0.2) is 0 Å². The Hall–Kier alpha value is -1.47. The summed E-state index contributed by atoms with van der Waals surface area (Å²) in [5.74, 6) is -0.346. The number of hydrogen-bond acceptors (Lipinski definition) is 3. The highest BCUT2D eigenvalue weighted by molar-refractivity contribution is 7.60. The zero-order valence-electron chi connectivity index (χ0n) is 12.0. The minimum Gasteiger partial charge on any atom is -0.469 e. The quantitative estimate of drug-likeness (QED) is 0.617. The minimum atomic E-state index is -0.572. The maximum absolute atomic E-state index is 11.7. The largest absolute Gasteiger partial charge is 0.469 e. The van der Waals surface area contributed by atoms with Gasteiger partial charge in [0.05, 0.1) is 13.0 Å². The van der Waals surface area contributed by atoms with Gasteiger partial charge in [-0.1, -0.05) is 43.3 Å². The van der Waals surface area contributed by atoms with Crippen molar-refractivity contribution in [3.8, 4) is 0 Å². The summed E-state index contributed by atoms with van der Waals surface area (Å²) in [6.45, 7) is 2.13. The summed E-state index contributed by atoms with van der Waals surface area (Å²) >= 11 is 0. The summed E-state index contributed by atoms with van der Waals surface area (Å²) in [4.78, 5) is 11.7. The lowest BCUT2D eigenvalue weighted by Gasteiger charge is -2.15. The maximum Gasteiger partial charge on any atom is 0.312 e. The molecule has 0 amide bonds. The number of methoxy groups -OCH3 is 1. The fourth-order valence-electron chi connectivity index (χ4n) is 2.23. The zero-order chi connectivity index (χ0) is 14.4. The highest BCUT2D eigenvalue weighted by Gasteiger charge is 2.22. The van der Waals surface area contributed by atoms with Crippen LogP contribution in [-0.2, 0) is 15.7 Å². The van der Waals surface area contributed by atoms with Crippen LogP contribution >= 0.6 is 8.07 Å². The Kier molecular flexibility index (Phi) is 5.49. The van der Waals surface area contributed by atoms with E-state index in [-0.39, 0.29) is 11.9 Å². The third kappa shape index (κ3) is 3.77. The number of hydrogen-bond donors (Lipinski definition) is 0. The summed E-state index contributed by atoms with van der Waals surface area (Å²) in [6.07, 6.45) is 6.50. The molecule has 0 aliphatic carbocycles. The molecule has 2 atom stereocenters. The number of allylic oxidation sites excluding steroid dienone is 1. The molecule has 0 radical (unpaired) electrons. The van der Waals surface area contributed by atoms with E-state index in [1.54, 1.807) is 0 Å². The van der Waals surface area contributed by atoms with Gasteiger partial charge in [0.25, 0.3) is 0 Å². The average Bonchev–Trinajstić information content (AvgIpc) is 2.70. The highest BCUT2D eigenvalue weighted by atomic mass is 31.1. The molecule has 1 aliphatic rings. The highest BCUT2D eigenvalue weighted by Crippen LogP contribution is 2.52. The second-order valence-corrected chi connectivity index (χ2v) is 6.64. The van der Waals surface area contributed by atoms with Gasteiger partial charge in [-0.3, -0.25) is 9.56 Å². The van der Waals surface area contributed by atoms with Crippen molar-refractivity contribution in [2.24, 2.45) is 10.7 Å². The Morgan fingerprint density at radius 3 is 2.80 bits per heavy atom. The Morgan fingerprint density at radius 1 is 1.40 bits per heavy atom. The lowest BCUT2D eigenvalue weighted by molar-refractivity contribution is -0.143. The Morgan fingerprint density at radius 2 is 2.15 bits per heavy atom. The topological polar surface area (TPSA) is 38.7 Å². The molecule has 2 unspecified atom stereocenters. The molecular weight excluding hydrogens is 269 g/mol. The van der Waals surface area contributed by atoms with Gasteiger partial charge in [-0.15, -0.1) is 0 Å². The van der Waals surface area contributed by atoms with Crippen molar-refractivity contribution in [3.63, 3.8) is 0 Å². The van der Waals surface area contributed by atoms with E-state index in [0.29, 0.717) is 6.42 Å². The first-order valence-corrected chi connectivity index (χ1v) is 8.35. The van der Waals surface area contributed by atoms with E-state index >= 15 is 0 Å². The Balaban J connectivity index is 2.18. The molecule has 1 aromatic carbocycles. The predicted octanol–water partition coefficient (Wildman–Crippen LogP) is 4.14. The summed E-state index contributed by atoms with van der Waals surface area (Å²) in [6, 6.07) is 10.4. The SMILES string of the molecule is CCC1=CC(C(=O)OC)CC=NP1Cc1ccccc1. The molecule has 0 saturated heterocycles. The second-order valence-electron chi connectivity index (χ2n) is 4.72. The number of rotatable bonds is 4. The Labute approximate surface area is 121 Å². The fraction of sp³-hybridized carbons (Fsp3) is 0.375. The van der Waals surface area contributed by atoms with Gasteiger partial charge < -0.3 is 4.74 Å². The van der Waals surface area contributed by atoms with Gasteiger partial charge in [0, 0.05) is 20.4 Å². The minimum absolute atomic E-state index is 0.168. The van der Waals surface area contributed by atoms with E-state index in [1.165, 1.54) is 18.0 Å². The lowest BCUT2D eigenvalue weighted by Crippen LogP contribution is -2.14. The van der Waals surface area contributed by atoms with Crippen LogP contribution in [0.25, 0.3) is 0 Å². The van der Waals surface area contributed by atoms with Crippen molar-refractivity contribution in [1.82, 2.24) is 0 Å². The van der Waals surface area contributed by atoms with E-state index in [1.807, 2.05) is 12.3 Å². The van der Waals surface area contributed by atoms with Crippen molar-refractivity contribution in [2.45, 2.75) is 25.9 Å². The van der Waals surface area contributed by atoms with E-state index in [9.17, 15) is 4.79 Å². The van der Waals surface area contributed by atoms with Gasteiger partial charge in [0.15, 0.2) is 0 Å². The summed E-state index contributed by atoms with van der Waals surface area (Å²) < 4.78 is 9.56. The molecule has 0 spiro atoms. The molecule has 3 nitrogen and oxygen atoms in total. The molecule has 0 aromatic heterocycles. The molecule has 106 valence electrons. The van der Waals surface area contributed by atoms with Crippen LogP contribution in [0.5, 0.6) is 0 Å². The molecule has 0 bridgehead atoms. The molecule has 2 rings (SSSR count). The fourth-order valence-corrected chi connectivity index (χ4v) is 4.23. The van der Waals surface area contributed by atoms with Gasteiger partial charge >= 0.3 is 5.97 Å². The normalized spacial score (nSPS) is 22.0. The van der Waals surface area contributed by atoms with Crippen LogP contribution in [0.15, 0.2) is 46.5 Å². The standard InChI is InChI=1S/C16H20NO2P/c1-3-15-11-14(16(18)19-2)9-10-17-20(15)12-13-7-5-4-6-8-13/h4-8,10-11,14H,3,9,12H2,1-2H3. The predicted molar refractivity (Wildman–Crippen MR) is 84.1 cm³/mol. The van der Waals surface area contributed by atoms with Crippen LogP contribution in [0, 0.1) is 5.92 Å². The first-order chi connectivity index (χ1) is 9.74. The van der Waals surface area contributed by atoms with E-state index in [4.69, 9.17) is 9.50 Å². The van der Waals surface area contributed by atoms with Crippen LogP contribution in [0.3, 0.4) is 0 Å². The maximum atomic E-state index is 11.7. The van der Waals surface area contributed by atoms with Crippen molar-refractivity contribution in [2.75, 3.05) is 7.11 Å². The third-order valence-corrected chi connectivity index (χ3v) is 5.58. The van der Waals surface area contributed by atoms with Crippen molar-refractivity contribution in [3.05, 3.63) is 47.3 Å². The molecule has 0 fully saturated rings. The van der Waals surface area contributed by atoms with E-state index < -0.39 is 8.07 Å².